The molecule has 0 aromatic heterocycles. The van der Waals surface area contributed by atoms with E-state index in [0.29, 0.717) is 6.54 Å². The van der Waals surface area contributed by atoms with Crippen LogP contribution in [0.25, 0.3) is 0 Å². The predicted octanol–water partition coefficient (Wildman–Crippen LogP) is 0.620. The van der Waals surface area contributed by atoms with Crippen LogP contribution in [0.1, 0.15) is 11.1 Å². The maximum Gasteiger partial charge on any atom is 0.246 e. The summed E-state index contributed by atoms with van der Waals surface area (Å²) < 4.78 is 4.89. The lowest BCUT2D eigenvalue weighted by Gasteiger charge is -2.05. The summed E-state index contributed by atoms with van der Waals surface area (Å²) in [4.78, 5) is 11.2. The average molecular weight is 223 g/mol. The molecule has 0 bridgehead atoms. The van der Waals surface area contributed by atoms with Crippen LogP contribution in [-0.2, 0) is 16.1 Å². The first-order chi connectivity index (χ1) is 7.72. The van der Waals surface area contributed by atoms with E-state index in [2.05, 4.69) is 5.32 Å². The van der Waals surface area contributed by atoms with E-state index in [1.54, 1.807) is 0 Å². The summed E-state index contributed by atoms with van der Waals surface area (Å²) in [6.07, 6.45) is 0. The molecule has 0 spiro atoms. The molecule has 0 radical (unpaired) electrons. The Balaban J connectivity index is 2.23. The van der Waals surface area contributed by atoms with Crippen molar-refractivity contribution in [3.05, 3.63) is 35.4 Å². The first kappa shape index (κ1) is 12.7. The van der Waals surface area contributed by atoms with Crippen LogP contribution in [0.15, 0.2) is 24.3 Å². The number of rotatable bonds is 6. The zero-order chi connectivity index (χ0) is 11.8. The third-order valence-electron chi connectivity index (χ3n) is 2.08. The molecular weight excluding hydrogens is 206 g/mol. The fraction of sp³-hybridized carbons (Fsp3) is 0.417. The number of hydrogen-bond donors (Lipinski definition) is 2. The zero-order valence-electron chi connectivity index (χ0n) is 9.40. The van der Waals surface area contributed by atoms with Gasteiger partial charge in [0.05, 0.1) is 13.2 Å². The number of hydrogen-bond acceptors (Lipinski definition) is 3. The zero-order valence-corrected chi connectivity index (χ0v) is 9.40. The van der Waals surface area contributed by atoms with Crippen molar-refractivity contribution in [2.75, 3.05) is 19.8 Å². The standard InChI is InChI=1S/C12H17NO3/c1-10-2-4-11(5-3-10)8-13-12(15)9-16-7-6-14/h2-5,14H,6-9H2,1H3,(H,13,15). The molecule has 4 nitrogen and oxygen atoms in total. The van der Waals surface area contributed by atoms with Crippen molar-refractivity contribution < 1.29 is 14.6 Å². The van der Waals surface area contributed by atoms with Gasteiger partial charge in [-0.3, -0.25) is 4.79 Å². The topological polar surface area (TPSA) is 58.6 Å². The second kappa shape index (κ2) is 6.98. The highest BCUT2D eigenvalue weighted by molar-refractivity contribution is 5.77. The van der Waals surface area contributed by atoms with Gasteiger partial charge in [-0.25, -0.2) is 0 Å². The highest BCUT2D eigenvalue weighted by Crippen LogP contribution is 2.02. The number of aliphatic hydroxyl groups is 1. The molecule has 0 atom stereocenters. The summed E-state index contributed by atoms with van der Waals surface area (Å²) in [5.74, 6) is -0.172. The van der Waals surface area contributed by atoms with Crippen LogP contribution < -0.4 is 5.32 Å². The molecule has 16 heavy (non-hydrogen) atoms. The SMILES string of the molecule is Cc1ccc(CNC(=O)COCCO)cc1. The summed E-state index contributed by atoms with van der Waals surface area (Å²) in [6.45, 7) is 2.64. The molecule has 2 N–H and O–H groups in total. The van der Waals surface area contributed by atoms with Crippen LogP contribution in [0.2, 0.25) is 0 Å². The lowest BCUT2D eigenvalue weighted by Crippen LogP contribution is -2.27. The van der Waals surface area contributed by atoms with Crippen LogP contribution in [-0.4, -0.2) is 30.8 Å². The molecular formula is C12H17NO3. The molecule has 0 heterocycles. The molecule has 0 fully saturated rings. The van der Waals surface area contributed by atoms with Crippen molar-refractivity contribution in [3.8, 4) is 0 Å². The Kier molecular flexibility index (Phi) is 5.53. The number of carbonyl (C=O) groups is 1. The number of aliphatic hydroxyl groups excluding tert-OH is 1. The quantitative estimate of drug-likeness (QED) is 0.695. The van der Waals surface area contributed by atoms with E-state index in [9.17, 15) is 4.79 Å². The molecule has 1 amide bonds. The van der Waals surface area contributed by atoms with E-state index in [-0.39, 0.29) is 25.7 Å². The van der Waals surface area contributed by atoms with Crippen LogP contribution in [0.3, 0.4) is 0 Å². The maximum absolute atomic E-state index is 11.2. The molecule has 0 aliphatic carbocycles. The third-order valence-corrected chi connectivity index (χ3v) is 2.08. The Morgan fingerprint density at radius 1 is 1.38 bits per heavy atom. The Bertz CT molecular complexity index is 322. The fourth-order valence-corrected chi connectivity index (χ4v) is 1.19. The molecule has 88 valence electrons. The Hall–Kier alpha value is -1.39. The van der Waals surface area contributed by atoms with Gasteiger partial charge < -0.3 is 15.2 Å². The second-order valence-corrected chi connectivity index (χ2v) is 3.54. The molecule has 0 saturated heterocycles. The van der Waals surface area contributed by atoms with Gasteiger partial charge in [0.2, 0.25) is 5.91 Å². The van der Waals surface area contributed by atoms with Gasteiger partial charge in [-0.05, 0) is 12.5 Å². The van der Waals surface area contributed by atoms with E-state index in [0.717, 1.165) is 5.56 Å². The van der Waals surface area contributed by atoms with Gasteiger partial charge in [-0.1, -0.05) is 29.8 Å². The summed E-state index contributed by atoms with van der Waals surface area (Å²) in [6, 6.07) is 7.96. The van der Waals surface area contributed by atoms with Gasteiger partial charge in [0.15, 0.2) is 0 Å². The van der Waals surface area contributed by atoms with Gasteiger partial charge in [-0.15, -0.1) is 0 Å². The number of benzene rings is 1. The third kappa shape index (κ3) is 4.91. The first-order valence-corrected chi connectivity index (χ1v) is 5.23. The predicted molar refractivity (Wildman–Crippen MR) is 60.9 cm³/mol. The molecule has 0 unspecified atom stereocenters. The van der Waals surface area contributed by atoms with Gasteiger partial charge in [0, 0.05) is 6.54 Å². The molecule has 1 aromatic rings. The molecule has 0 aliphatic heterocycles. The fourth-order valence-electron chi connectivity index (χ4n) is 1.19. The molecule has 0 aliphatic rings. The summed E-state index contributed by atoms with van der Waals surface area (Å²) in [7, 11) is 0. The summed E-state index contributed by atoms with van der Waals surface area (Å²) in [5.41, 5.74) is 2.25. The monoisotopic (exact) mass is 223 g/mol. The molecule has 0 saturated carbocycles. The van der Waals surface area contributed by atoms with Gasteiger partial charge >= 0.3 is 0 Å². The summed E-state index contributed by atoms with van der Waals surface area (Å²) >= 11 is 0. The second-order valence-electron chi connectivity index (χ2n) is 3.54. The van der Waals surface area contributed by atoms with Crippen LogP contribution >= 0.6 is 0 Å². The number of carbonyl (C=O) groups excluding carboxylic acids is 1. The van der Waals surface area contributed by atoms with Crippen LogP contribution in [0.4, 0.5) is 0 Å². The number of aryl methyl sites for hydroxylation is 1. The Morgan fingerprint density at radius 3 is 2.69 bits per heavy atom. The maximum atomic E-state index is 11.2. The van der Waals surface area contributed by atoms with E-state index in [1.165, 1.54) is 5.56 Å². The Labute approximate surface area is 95.2 Å². The average Bonchev–Trinajstić information content (AvgIpc) is 2.29. The molecule has 4 heteroatoms. The van der Waals surface area contributed by atoms with Crippen LogP contribution in [0, 0.1) is 6.92 Å². The number of ether oxygens (including phenoxy) is 1. The van der Waals surface area contributed by atoms with Crippen molar-refractivity contribution in [1.82, 2.24) is 5.32 Å². The Morgan fingerprint density at radius 2 is 2.06 bits per heavy atom. The highest BCUT2D eigenvalue weighted by Gasteiger charge is 2.00. The lowest BCUT2D eigenvalue weighted by atomic mass is 10.1. The van der Waals surface area contributed by atoms with E-state index in [1.807, 2.05) is 31.2 Å². The van der Waals surface area contributed by atoms with Gasteiger partial charge in [0.25, 0.3) is 0 Å². The summed E-state index contributed by atoms with van der Waals surface area (Å²) in [5, 5.41) is 11.2. The number of amides is 1. The van der Waals surface area contributed by atoms with Crippen molar-refractivity contribution in [2.45, 2.75) is 13.5 Å². The van der Waals surface area contributed by atoms with E-state index < -0.39 is 0 Å². The van der Waals surface area contributed by atoms with Gasteiger partial charge in [0.1, 0.15) is 6.61 Å². The smallest absolute Gasteiger partial charge is 0.246 e. The van der Waals surface area contributed by atoms with Crippen molar-refractivity contribution in [1.29, 1.82) is 0 Å². The minimum atomic E-state index is -0.172. The van der Waals surface area contributed by atoms with Gasteiger partial charge in [-0.2, -0.15) is 0 Å². The first-order valence-electron chi connectivity index (χ1n) is 5.23. The molecule has 1 rings (SSSR count). The van der Waals surface area contributed by atoms with E-state index in [4.69, 9.17) is 9.84 Å². The molecule has 1 aromatic carbocycles. The van der Waals surface area contributed by atoms with Crippen molar-refractivity contribution in [3.63, 3.8) is 0 Å². The van der Waals surface area contributed by atoms with Crippen molar-refractivity contribution in [2.24, 2.45) is 0 Å². The normalized spacial score (nSPS) is 10.1. The minimum absolute atomic E-state index is 0.00752. The largest absolute Gasteiger partial charge is 0.394 e. The minimum Gasteiger partial charge on any atom is -0.394 e. The van der Waals surface area contributed by atoms with Crippen molar-refractivity contribution >= 4 is 5.91 Å². The lowest BCUT2D eigenvalue weighted by molar-refractivity contribution is -0.126. The van der Waals surface area contributed by atoms with Crippen LogP contribution in [0.5, 0.6) is 0 Å². The highest BCUT2D eigenvalue weighted by atomic mass is 16.5. The van der Waals surface area contributed by atoms with E-state index >= 15 is 0 Å². The number of nitrogens with one attached hydrogen (secondary N) is 1.